The maximum absolute atomic E-state index is 12.5. The molecule has 0 aromatic heterocycles. The smallest absolute Gasteiger partial charge is 0.282 e. The first-order valence-electron chi connectivity index (χ1n) is 6.11. The van der Waals surface area contributed by atoms with E-state index in [0.29, 0.717) is 0 Å². The second-order valence-corrected chi connectivity index (χ2v) is 8.00. The zero-order valence-electron chi connectivity index (χ0n) is 11.7. The minimum atomic E-state index is -4.57. The Labute approximate surface area is 132 Å². The van der Waals surface area contributed by atoms with Gasteiger partial charge < -0.3 is 0 Å². The van der Waals surface area contributed by atoms with Gasteiger partial charge in [0.15, 0.2) is 0 Å². The SMILES string of the molecule is Cc1ccc(S(=O)(=O)c2ccc([N+](=O)[O-])cc2)cc1S(=O)(=O)O. The number of nitrogens with zero attached hydrogens (tertiary/aromatic N) is 1. The normalized spacial score (nSPS) is 12.1. The van der Waals surface area contributed by atoms with Crippen LogP contribution < -0.4 is 0 Å². The van der Waals surface area contributed by atoms with E-state index in [2.05, 4.69) is 0 Å². The molecule has 0 fully saturated rings. The molecule has 0 saturated heterocycles. The monoisotopic (exact) mass is 357 g/mol. The number of hydrogen-bond donors (Lipinski definition) is 1. The van der Waals surface area contributed by atoms with Crippen LogP contribution >= 0.6 is 0 Å². The van der Waals surface area contributed by atoms with Gasteiger partial charge in [-0.15, -0.1) is 0 Å². The molecule has 0 unspecified atom stereocenters. The molecule has 0 radical (unpaired) electrons. The van der Waals surface area contributed by atoms with Gasteiger partial charge in [-0.2, -0.15) is 8.42 Å². The number of rotatable bonds is 4. The van der Waals surface area contributed by atoms with Gasteiger partial charge in [-0.3, -0.25) is 14.7 Å². The lowest BCUT2D eigenvalue weighted by Gasteiger charge is -2.08. The average Bonchev–Trinajstić information content (AvgIpc) is 2.46. The van der Waals surface area contributed by atoms with Crippen LogP contribution in [-0.2, 0) is 20.0 Å². The predicted molar refractivity (Wildman–Crippen MR) is 79.5 cm³/mol. The number of hydrogen-bond acceptors (Lipinski definition) is 6. The van der Waals surface area contributed by atoms with Crippen LogP contribution in [0.4, 0.5) is 5.69 Å². The molecule has 1 N–H and O–H groups in total. The molecule has 0 bridgehead atoms. The van der Waals surface area contributed by atoms with E-state index in [1.165, 1.54) is 19.1 Å². The average molecular weight is 357 g/mol. The van der Waals surface area contributed by atoms with Gasteiger partial charge in [0.05, 0.1) is 19.6 Å². The lowest BCUT2D eigenvalue weighted by atomic mass is 10.2. The standard InChI is InChI=1S/C13H11NO7S2/c1-9-2-5-12(8-13(9)23(19,20)21)22(17,18)11-6-3-10(4-7-11)14(15)16/h2-8H,1H3,(H,19,20,21). The van der Waals surface area contributed by atoms with Crippen LogP contribution in [0.2, 0.25) is 0 Å². The first-order chi connectivity index (χ1) is 10.5. The fraction of sp³-hybridized carbons (Fsp3) is 0.0769. The first kappa shape index (κ1) is 17.1. The van der Waals surface area contributed by atoms with Crippen LogP contribution in [-0.4, -0.2) is 26.3 Å². The second kappa shape index (κ2) is 5.72. The second-order valence-electron chi connectivity index (χ2n) is 4.66. The van der Waals surface area contributed by atoms with Gasteiger partial charge >= 0.3 is 0 Å². The van der Waals surface area contributed by atoms with Gasteiger partial charge in [0.2, 0.25) is 9.84 Å². The van der Waals surface area contributed by atoms with E-state index in [4.69, 9.17) is 4.55 Å². The van der Waals surface area contributed by atoms with E-state index < -0.39 is 29.8 Å². The Hall–Kier alpha value is -2.30. The maximum atomic E-state index is 12.5. The first-order valence-corrected chi connectivity index (χ1v) is 9.03. The molecular weight excluding hydrogens is 346 g/mol. The highest BCUT2D eigenvalue weighted by Gasteiger charge is 2.22. The number of nitro benzene ring substituents is 1. The predicted octanol–water partition coefficient (Wildman–Crippen LogP) is 1.98. The minimum absolute atomic E-state index is 0.190. The van der Waals surface area contributed by atoms with Crippen molar-refractivity contribution < 1.29 is 26.3 Å². The van der Waals surface area contributed by atoms with Gasteiger partial charge in [0.1, 0.15) is 0 Å². The lowest BCUT2D eigenvalue weighted by molar-refractivity contribution is -0.384. The molecule has 10 heteroatoms. The van der Waals surface area contributed by atoms with Gasteiger partial charge in [-0.1, -0.05) is 6.07 Å². The van der Waals surface area contributed by atoms with Crippen molar-refractivity contribution in [1.29, 1.82) is 0 Å². The number of nitro groups is 1. The van der Waals surface area contributed by atoms with Gasteiger partial charge in [-0.05, 0) is 36.8 Å². The zero-order valence-corrected chi connectivity index (χ0v) is 13.3. The zero-order chi connectivity index (χ0) is 17.4. The molecule has 0 spiro atoms. The van der Waals surface area contributed by atoms with Crippen molar-refractivity contribution in [2.45, 2.75) is 21.6 Å². The van der Waals surface area contributed by atoms with E-state index >= 15 is 0 Å². The van der Waals surface area contributed by atoms with E-state index in [1.54, 1.807) is 0 Å². The van der Waals surface area contributed by atoms with E-state index in [0.717, 1.165) is 30.3 Å². The molecule has 0 heterocycles. The summed E-state index contributed by atoms with van der Waals surface area (Å²) in [6, 6.07) is 7.47. The Balaban J connectivity index is 2.58. The van der Waals surface area contributed by atoms with Crippen LogP contribution in [0, 0.1) is 17.0 Å². The largest absolute Gasteiger partial charge is 0.294 e. The minimum Gasteiger partial charge on any atom is -0.282 e. The van der Waals surface area contributed by atoms with Crippen LogP contribution in [0.3, 0.4) is 0 Å². The lowest BCUT2D eigenvalue weighted by Crippen LogP contribution is -2.06. The molecule has 8 nitrogen and oxygen atoms in total. The fourth-order valence-corrected chi connectivity index (χ4v) is 4.02. The number of sulfone groups is 1. The van der Waals surface area contributed by atoms with Gasteiger partial charge in [-0.25, -0.2) is 8.42 Å². The molecule has 0 atom stereocenters. The Morgan fingerprint density at radius 2 is 1.48 bits per heavy atom. The van der Waals surface area contributed by atoms with Crippen LogP contribution in [0.15, 0.2) is 57.2 Å². The Morgan fingerprint density at radius 3 is 1.96 bits per heavy atom. The van der Waals surface area contributed by atoms with Crippen LogP contribution in [0.25, 0.3) is 0 Å². The van der Waals surface area contributed by atoms with Crippen molar-refractivity contribution in [3.8, 4) is 0 Å². The molecule has 0 amide bonds. The summed E-state index contributed by atoms with van der Waals surface area (Å²) < 4.78 is 56.6. The summed E-state index contributed by atoms with van der Waals surface area (Å²) in [4.78, 5) is 8.83. The van der Waals surface area contributed by atoms with Crippen LogP contribution in [0.5, 0.6) is 0 Å². The molecule has 122 valence electrons. The molecule has 0 saturated carbocycles. The number of non-ortho nitro benzene ring substituents is 1. The topological polar surface area (TPSA) is 132 Å². The highest BCUT2D eigenvalue weighted by atomic mass is 32.2. The van der Waals surface area contributed by atoms with E-state index in [1.807, 2.05) is 0 Å². The Morgan fingerprint density at radius 1 is 0.957 bits per heavy atom. The van der Waals surface area contributed by atoms with Gasteiger partial charge in [0, 0.05) is 12.1 Å². The van der Waals surface area contributed by atoms with Crippen LogP contribution in [0.1, 0.15) is 5.56 Å². The van der Waals surface area contributed by atoms with Crippen molar-refractivity contribution in [3.05, 3.63) is 58.1 Å². The molecule has 0 aliphatic rings. The molecule has 23 heavy (non-hydrogen) atoms. The van der Waals surface area contributed by atoms with Crippen molar-refractivity contribution >= 4 is 25.6 Å². The van der Waals surface area contributed by atoms with E-state index in [9.17, 15) is 26.9 Å². The highest BCUT2D eigenvalue weighted by Crippen LogP contribution is 2.26. The quantitative estimate of drug-likeness (QED) is 0.502. The maximum Gasteiger partial charge on any atom is 0.294 e. The molecular formula is C13H11NO7S2. The third kappa shape index (κ3) is 3.38. The van der Waals surface area contributed by atoms with E-state index in [-0.39, 0.29) is 21.0 Å². The fourth-order valence-electron chi connectivity index (χ4n) is 1.91. The van der Waals surface area contributed by atoms with Gasteiger partial charge in [0.25, 0.3) is 15.8 Å². The summed E-state index contributed by atoms with van der Waals surface area (Å²) in [5, 5.41) is 10.6. The Kier molecular flexibility index (Phi) is 4.24. The number of benzene rings is 2. The number of aryl methyl sites for hydroxylation is 1. The molecule has 2 aromatic rings. The summed E-state index contributed by atoms with van der Waals surface area (Å²) in [6.07, 6.45) is 0. The summed E-state index contributed by atoms with van der Waals surface area (Å²) in [7, 11) is -8.65. The molecule has 2 rings (SSSR count). The molecule has 2 aromatic carbocycles. The van der Waals surface area contributed by atoms with Crippen molar-refractivity contribution in [2.24, 2.45) is 0 Å². The summed E-state index contributed by atoms with van der Waals surface area (Å²) >= 11 is 0. The van der Waals surface area contributed by atoms with Crippen molar-refractivity contribution in [1.82, 2.24) is 0 Å². The third-order valence-corrected chi connectivity index (χ3v) is 5.87. The molecule has 0 aliphatic carbocycles. The summed E-state index contributed by atoms with van der Waals surface area (Å²) in [5.41, 5.74) is -0.0818. The summed E-state index contributed by atoms with van der Waals surface area (Å²) in [6.45, 7) is 1.41. The molecule has 0 aliphatic heterocycles. The third-order valence-electron chi connectivity index (χ3n) is 3.11. The Bertz CT molecular complexity index is 977. The highest BCUT2D eigenvalue weighted by molar-refractivity contribution is 7.91. The van der Waals surface area contributed by atoms with Crippen molar-refractivity contribution in [2.75, 3.05) is 0 Å². The van der Waals surface area contributed by atoms with Crippen molar-refractivity contribution in [3.63, 3.8) is 0 Å². The summed E-state index contributed by atoms with van der Waals surface area (Å²) in [5.74, 6) is 0.